The first kappa shape index (κ1) is 11.4. The van der Waals surface area contributed by atoms with Crippen LogP contribution >= 0.6 is 0 Å². The van der Waals surface area contributed by atoms with Crippen molar-refractivity contribution < 1.29 is 23.1 Å². The van der Waals surface area contributed by atoms with E-state index in [4.69, 9.17) is 5.11 Å². The van der Waals surface area contributed by atoms with Crippen LogP contribution in [0.2, 0.25) is 0 Å². The van der Waals surface area contributed by atoms with Gasteiger partial charge in [0, 0.05) is 13.2 Å². The molecule has 0 saturated heterocycles. The SMILES string of the molecule is Cn1c(C(F)(F)F)nc2cncc(C(=O)O)c21. The largest absolute Gasteiger partial charge is 0.478 e. The number of rotatable bonds is 1. The van der Waals surface area contributed by atoms with Gasteiger partial charge < -0.3 is 9.67 Å². The molecule has 5 nitrogen and oxygen atoms in total. The number of fused-ring (bicyclic) bond motifs is 1. The monoisotopic (exact) mass is 245 g/mol. The Morgan fingerprint density at radius 3 is 2.59 bits per heavy atom. The molecule has 0 amide bonds. The fraction of sp³-hybridized carbons (Fsp3) is 0.222. The summed E-state index contributed by atoms with van der Waals surface area (Å²) in [6.45, 7) is 0. The molecule has 0 bridgehead atoms. The lowest BCUT2D eigenvalue weighted by Crippen LogP contribution is -2.13. The van der Waals surface area contributed by atoms with Gasteiger partial charge in [0.1, 0.15) is 11.1 Å². The maximum atomic E-state index is 12.6. The van der Waals surface area contributed by atoms with E-state index in [1.54, 1.807) is 0 Å². The molecule has 0 aliphatic heterocycles. The Kier molecular flexibility index (Phi) is 2.30. The average Bonchev–Trinajstić information content (AvgIpc) is 2.55. The highest BCUT2D eigenvalue weighted by molar-refractivity contribution is 6.00. The van der Waals surface area contributed by atoms with Crippen molar-refractivity contribution in [3.05, 3.63) is 23.8 Å². The van der Waals surface area contributed by atoms with Crippen molar-refractivity contribution in [1.29, 1.82) is 0 Å². The molecule has 0 spiro atoms. The van der Waals surface area contributed by atoms with E-state index >= 15 is 0 Å². The van der Waals surface area contributed by atoms with Gasteiger partial charge in [0.2, 0.25) is 5.82 Å². The summed E-state index contributed by atoms with van der Waals surface area (Å²) in [5, 5.41) is 8.86. The quantitative estimate of drug-likeness (QED) is 0.830. The number of alkyl halides is 3. The van der Waals surface area contributed by atoms with Crippen LogP contribution in [0.4, 0.5) is 13.2 Å². The Morgan fingerprint density at radius 1 is 1.41 bits per heavy atom. The molecular formula is C9H6F3N3O2. The second-order valence-corrected chi connectivity index (χ2v) is 3.35. The summed E-state index contributed by atoms with van der Waals surface area (Å²) >= 11 is 0. The number of nitrogens with zero attached hydrogens (tertiary/aromatic N) is 3. The van der Waals surface area contributed by atoms with Gasteiger partial charge in [-0.05, 0) is 0 Å². The molecule has 0 aliphatic carbocycles. The van der Waals surface area contributed by atoms with Gasteiger partial charge in [-0.3, -0.25) is 4.98 Å². The van der Waals surface area contributed by atoms with Crippen molar-refractivity contribution in [2.24, 2.45) is 7.05 Å². The van der Waals surface area contributed by atoms with Gasteiger partial charge in [0.25, 0.3) is 0 Å². The second-order valence-electron chi connectivity index (χ2n) is 3.35. The van der Waals surface area contributed by atoms with Crippen LogP contribution in [-0.2, 0) is 13.2 Å². The van der Waals surface area contributed by atoms with Gasteiger partial charge >= 0.3 is 12.1 Å². The Bertz CT molecular complexity index is 603. The zero-order valence-electron chi connectivity index (χ0n) is 8.49. The smallest absolute Gasteiger partial charge is 0.449 e. The first-order valence-electron chi connectivity index (χ1n) is 4.43. The topological polar surface area (TPSA) is 68.0 Å². The zero-order chi connectivity index (χ0) is 12.8. The molecule has 1 N–H and O–H groups in total. The third-order valence-corrected chi connectivity index (χ3v) is 2.26. The van der Waals surface area contributed by atoms with Gasteiger partial charge in [-0.15, -0.1) is 0 Å². The molecule has 8 heteroatoms. The summed E-state index contributed by atoms with van der Waals surface area (Å²) in [7, 11) is 1.12. The molecule has 0 unspecified atom stereocenters. The number of aryl methyl sites for hydroxylation is 1. The lowest BCUT2D eigenvalue weighted by atomic mass is 10.2. The molecule has 90 valence electrons. The van der Waals surface area contributed by atoms with Gasteiger partial charge in [-0.25, -0.2) is 9.78 Å². The molecule has 0 atom stereocenters. The van der Waals surface area contributed by atoms with E-state index in [-0.39, 0.29) is 16.6 Å². The molecule has 2 rings (SSSR count). The maximum Gasteiger partial charge on any atom is 0.449 e. The summed E-state index contributed by atoms with van der Waals surface area (Å²) in [5.74, 6) is -2.50. The fourth-order valence-corrected chi connectivity index (χ4v) is 1.58. The maximum absolute atomic E-state index is 12.6. The number of aromatic carboxylic acids is 1. The molecule has 0 saturated carbocycles. The minimum absolute atomic E-state index is 0.0974. The predicted octanol–water partition coefficient (Wildman–Crippen LogP) is 1.69. The van der Waals surface area contributed by atoms with Crippen molar-refractivity contribution in [1.82, 2.24) is 14.5 Å². The highest BCUT2D eigenvalue weighted by atomic mass is 19.4. The van der Waals surface area contributed by atoms with Crippen LogP contribution in [0.25, 0.3) is 11.0 Å². The normalized spacial score (nSPS) is 12.0. The zero-order valence-corrected chi connectivity index (χ0v) is 8.49. The molecule has 2 heterocycles. The second kappa shape index (κ2) is 3.44. The molecule has 0 fully saturated rings. The van der Waals surface area contributed by atoms with E-state index in [1.165, 1.54) is 0 Å². The van der Waals surface area contributed by atoms with Crippen LogP contribution in [0.3, 0.4) is 0 Å². The first-order valence-corrected chi connectivity index (χ1v) is 4.43. The van der Waals surface area contributed by atoms with Crippen molar-refractivity contribution in [2.75, 3.05) is 0 Å². The van der Waals surface area contributed by atoms with Crippen molar-refractivity contribution in [2.45, 2.75) is 6.18 Å². The summed E-state index contributed by atoms with van der Waals surface area (Å²) in [5.41, 5.74) is -0.507. The van der Waals surface area contributed by atoms with E-state index in [2.05, 4.69) is 9.97 Å². The van der Waals surface area contributed by atoms with Gasteiger partial charge in [-0.2, -0.15) is 13.2 Å². The molecule has 0 radical (unpaired) electrons. The standard InChI is InChI=1S/C9H6F3N3O2/c1-15-6-4(7(16)17)2-13-3-5(6)14-8(15)9(10,11)12/h2-3H,1H3,(H,16,17). The van der Waals surface area contributed by atoms with Gasteiger partial charge in [0.15, 0.2) is 0 Å². The number of carboxylic acids is 1. The Hall–Kier alpha value is -2.12. The Morgan fingerprint density at radius 2 is 2.06 bits per heavy atom. The molecular weight excluding hydrogens is 239 g/mol. The molecule has 2 aromatic heterocycles. The Labute approximate surface area is 92.5 Å². The number of pyridine rings is 1. The van der Waals surface area contributed by atoms with Gasteiger partial charge in [-0.1, -0.05) is 0 Å². The highest BCUT2D eigenvalue weighted by Crippen LogP contribution is 2.31. The van der Waals surface area contributed by atoms with Crippen LogP contribution in [0, 0.1) is 0 Å². The van der Waals surface area contributed by atoms with E-state index in [0.717, 1.165) is 19.4 Å². The van der Waals surface area contributed by atoms with Crippen molar-refractivity contribution >= 4 is 17.0 Å². The molecule has 0 aliphatic rings. The third kappa shape index (κ3) is 1.71. The minimum Gasteiger partial charge on any atom is -0.478 e. The lowest BCUT2D eigenvalue weighted by Gasteiger charge is -2.06. The number of carbonyl (C=O) groups is 1. The first-order chi connectivity index (χ1) is 7.82. The van der Waals surface area contributed by atoms with Crippen LogP contribution in [0.5, 0.6) is 0 Å². The van der Waals surface area contributed by atoms with E-state index in [1.807, 2.05) is 0 Å². The molecule has 17 heavy (non-hydrogen) atoms. The van der Waals surface area contributed by atoms with Crippen LogP contribution < -0.4 is 0 Å². The van der Waals surface area contributed by atoms with Gasteiger partial charge in [0.05, 0.1) is 11.7 Å². The Balaban J connectivity index is 2.84. The number of carboxylic acid groups (broad SMARTS) is 1. The molecule has 2 aromatic rings. The van der Waals surface area contributed by atoms with E-state index in [0.29, 0.717) is 4.57 Å². The summed E-state index contributed by atoms with van der Waals surface area (Å²) in [6.07, 6.45) is -2.55. The predicted molar refractivity (Wildman–Crippen MR) is 50.5 cm³/mol. The number of aromatic nitrogens is 3. The number of halogens is 3. The van der Waals surface area contributed by atoms with Crippen LogP contribution in [0.15, 0.2) is 12.4 Å². The number of imidazole rings is 1. The summed E-state index contributed by atoms with van der Waals surface area (Å²) in [6, 6.07) is 0. The average molecular weight is 245 g/mol. The van der Waals surface area contributed by atoms with Crippen LogP contribution in [0.1, 0.15) is 16.2 Å². The lowest BCUT2D eigenvalue weighted by molar-refractivity contribution is -0.146. The third-order valence-electron chi connectivity index (χ3n) is 2.26. The number of hydrogen-bond acceptors (Lipinski definition) is 3. The highest BCUT2D eigenvalue weighted by Gasteiger charge is 2.37. The van der Waals surface area contributed by atoms with Crippen molar-refractivity contribution in [3.8, 4) is 0 Å². The molecule has 0 aromatic carbocycles. The summed E-state index contributed by atoms with van der Waals surface area (Å²) < 4.78 is 38.4. The fourth-order valence-electron chi connectivity index (χ4n) is 1.58. The minimum atomic E-state index is -4.64. The van der Waals surface area contributed by atoms with E-state index in [9.17, 15) is 18.0 Å². The van der Waals surface area contributed by atoms with Crippen molar-refractivity contribution in [3.63, 3.8) is 0 Å². The number of hydrogen-bond donors (Lipinski definition) is 1. The van der Waals surface area contributed by atoms with E-state index < -0.39 is 18.0 Å². The van der Waals surface area contributed by atoms with Crippen LogP contribution in [-0.4, -0.2) is 25.6 Å². The summed E-state index contributed by atoms with van der Waals surface area (Å²) in [4.78, 5) is 17.7.